The van der Waals surface area contributed by atoms with Crippen molar-refractivity contribution in [2.75, 3.05) is 13.7 Å². The summed E-state index contributed by atoms with van der Waals surface area (Å²) in [7, 11) is 1.42. The van der Waals surface area contributed by atoms with Crippen molar-refractivity contribution in [3.63, 3.8) is 0 Å². The molecule has 0 heterocycles. The quantitative estimate of drug-likeness (QED) is 0.344. The molecule has 0 aromatic heterocycles. The van der Waals surface area contributed by atoms with Crippen molar-refractivity contribution in [1.29, 1.82) is 0 Å². The van der Waals surface area contributed by atoms with Gasteiger partial charge in [-0.05, 0) is 46.9 Å². The SMILES string of the molecule is COC(=O)CC(c1ccccc1)c1ccc2ccc(OCC(=O)NC3CCCCCC3)cc2c1. The first-order valence-corrected chi connectivity index (χ1v) is 12.2. The van der Waals surface area contributed by atoms with Crippen LogP contribution in [0.5, 0.6) is 5.75 Å². The van der Waals surface area contributed by atoms with Crippen LogP contribution in [-0.2, 0) is 14.3 Å². The lowest BCUT2D eigenvalue weighted by Crippen LogP contribution is -2.37. The highest BCUT2D eigenvalue weighted by molar-refractivity contribution is 5.85. The van der Waals surface area contributed by atoms with E-state index in [1.807, 2.05) is 48.5 Å². The maximum atomic E-state index is 12.4. The average Bonchev–Trinajstić information content (AvgIpc) is 3.14. The molecule has 0 radical (unpaired) electrons. The van der Waals surface area contributed by atoms with Crippen LogP contribution < -0.4 is 10.1 Å². The summed E-state index contributed by atoms with van der Waals surface area (Å²) in [5, 5.41) is 5.20. The van der Waals surface area contributed by atoms with Crippen LogP contribution in [0.25, 0.3) is 10.8 Å². The Morgan fingerprint density at radius 2 is 1.62 bits per heavy atom. The smallest absolute Gasteiger partial charge is 0.306 e. The van der Waals surface area contributed by atoms with Gasteiger partial charge in [0.2, 0.25) is 0 Å². The average molecular weight is 460 g/mol. The molecule has 4 rings (SSSR count). The molecule has 0 aliphatic heterocycles. The van der Waals surface area contributed by atoms with E-state index in [0.717, 1.165) is 34.7 Å². The standard InChI is InChI=1S/C29H33NO4/c1-33-29(32)19-27(22-9-5-4-6-10-22)23-14-13-21-15-16-26(18-24(21)17-23)34-20-28(31)30-25-11-7-2-3-8-12-25/h4-6,9-10,13-18,25,27H,2-3,7-8,11-12,19-20H2,1H3,(H,30,31). The highest BCUT2D eigenvalue weighted by Gasteiger charge is 2.19. The van der Waals surface area contributed by atoms with Crippen molar-refractivity contribution in [3.8, 4) is 5.75 Å². The lowest BCUT2D eigenvalue weighted by atomic mass is 9.87. The molecule has 3 aromatic carbocycles. The van der Waals surface area contributed by atoms with Gasteiger partial charge in [-0.3, -0.25) is 9.59 Å². The second-order valence-electron chi connectivity index (χ2n) is 9.06. The van der Waals surface area contributed by atoms with Crippen LogP contribution in [0.2, 0.25) is 0 Å². The van der Waals surface area contributed by atoms with E-state index < -0.39 is 0 Å². The van der Waals surface area contributed by atoms with Crippen molar-refractivity contribution >= 4 is 22.6 Å². The topological polar surface area (TPSA) is 64.6 Å². The number of hydrogen-bond acceptors (Lipinski definition) is 4. The molecule has 1 atom stereocenters. The third-order valence-corrected chi connectivity index (χ3v) is 6.63. The molecular weight excluding hydrogens is 426 g/mol. The number of carbonyl (C=O) groups is 2. The summed E-state index contributed by atoms with van der Waals surface area (Å²) >= 11 is 0. The fourth-order valence-corrected chi connectivity index (χ4v) is 4.76. The van der Waals surface area contributed by atoms with Gasteiger partial charge in [0.25, 0.3) is 5.91 Å². The third kappa shape index (κ3) is 6.37. The van der Waals surface area contributed by atoms with Crippen LogP contribution in [0.1, 0.15) is 62.0 Å². The molecule has 178 valence electrons. The molecule has 1 fully saturated rings. The molecule has 0 saturated heterocycles. The summed E-state index contributed by atoms with van der Waals surface area (Å²) in [5.41, 5.74) is 2.10. The predicted molar refractivity (Wildman–Crippen MR) is 134 cm³/mol. The fourth-order valence-electron chi connectivity index (χ4n) is 4.76. The molecule has 34 heavy (non-hydrogen) atoms. The van der Waals surface area contributed by atoms with Gasteiger partial charge >= 0.3 is 5.97 Å². The molecule has 5 heteroatoms. The van der Waals surface area contributed by atoms with Crippen LogP contribution >= 0.6 is 0 Å². The third-order valence-electron chi connectivity index (χ3n) is 6.63. The van der Waals surface area contributed by atoms with Gasteiger partial charge in [0.1, 0.15) is 5.75 Å². The van der Waals surface area contributed by atoms with E-state index in [1.54, 1.807) is 0 Å². The first kappa shape index (κ1) is 23.8. The van der Waals surface area contributed by atoms with E-state index in [0.29, 0.717) is 5.75 Å². The molecule has 1 unspecified atom stereocenters. The molecule has 0 spiro atoms. The van der Waals surface area contributed by atoms with E-state index in [-0.39, 0.29) is 36.9 Å². The van der Waals surface area contributed by atoms with Crippen LogP contribution in [0, 0.1) is 0 Å². The van der Waals surface area contributed by atoms with Gasteiger partial charge in [-0.2, -0.15) is 0 Å². The Kier molecular flexibility index (Phi) is 8.18. The monoisotopic (exact) mass is 459 g/mol. The summed E-state index contributed by atoms with van der Waals surface area (Å²) in [5.74, 6) is 0.242. The second-order valence-corrected chi connectivity index (χ2v) is 9.06. The Labute approximate surface area is 201 Å². The zero-order valence-electron chi connectivity index (χ0n) is 19.8. The van der Waals surface area contributed by atoms with Crippen molar-refractivity contribution in [1.82, 2.24) is 5.32 Å². The van der Waals surface area contributed by atoms with Crippen molar-refractivity contribution in [2.24, 2.45) is 0 Å². The van der Waals surface area contributed by atoms with E-state index in [1.165, 1.54) is 32.8 Å². The van der Waals surface area contributed by atoms with Crippen molar-refractivity contribution in [3.05, 3.63) is 77.9 Å². The molecule has 1 amide bonds. The molecule has 1 aliphatic carbocycles. The van der Waals surface area contributed by atoms with E-state index in [4.69, 9.17) is 9.47 Å². The number of esters is 1. The second kappa shape index (κ2) is 11.7. The molecule has 1 aliphatic rings. The molecule has 1 N–H and O–H groups in total. The zero-order valence-corrected chi connectivity index (χ0v) is 19.8. The normalized spacial score (nSPS) is 15.3. The molecule has 3 aromatic rings. The Hall–Kier alpha value is -3.34. The molecular formula is C29H33NO4. The van der Waals surface area contributed by atoms with Crippen molar-refractivity contribution < 1.29 is 19.1 Å². The first-order chi connectivity index (χ1) is 16.6. The largest absolute Gasteiger partial charge is 0.484 e. The summed E-state index contributed by atoms with van der Waals surface area (Å²) < 4.78 is 10.8. The Morgan fingerprint density at radius 1 is 0.882 bits per heavy atom. The number of nitrogens with one attached hydrogen (secondary N) is 1. The van der Waals surface area contributed by atoms with Crippen LogP contribution in [0.4, 0.5) is 0 Å². The summed E-state index contributed by atoms with van der Waals surface area (Å²) in [6.07, 6.45) is 7.25. The summed E-state index contributed by atoms with van der Waals surface area (Å²) in [4.78, 5) is 24.5. The summed E-state index contributed by atoms with van der Waals surface area (Å²) in [6.45, 7) is 0.0106. The fraction of sp³-hybridized carbons (Fsp3) is 0.379. The Balaban J connectivity index is 1.48. The lowest BCUT2D eigenvalue weighted by molar-refractivity contribution is -0.140. The van der Waals surface area contributed by atoms with Gasteiger partial charge in [0.15, 0.2) is 6.61 Å². The molecule has 5 nitrogen and oxygen atoms in total. The van der Waals surface area contributed by atoms with Gasteiger partial charge in [0, 0.05) is 12.0 Å². The maximum absolute atomic E-state index is 12.4. The number of amides is 1. The Morgan fingerprint density at radius 3 is 2.35 bits per heavy atom. The number of fused-ring (bicyclic) bond motifs is 1. The van der Waals surface area contributed by atoms with Gasteiger partial charge in [0.05, 0.1) is 13.5 Å². The highest BCUT2D eigenvalue weighted by atomic mass is 16.5. The minimum Gasteiger partial charge on any atom is -0.484 e. The van der Waals surface area contributed by atoms with Crippen LogP contribution in [-0.4, -0.2) is 31.6 Å². The number of ether oxygens (including phenoxy) is 2. The first-order valence-electron chi connectivity index (χ1n) is 12.2. The van der Waals surface area contributed by atoms with Crippen LogP contribution in [0.15, 0.2) is 66.7 Å². The van der Waals surface area contributed by atoms with Crippen LogP contribution in [0.3, 0.4) is 0 Å². The highest BCUT2D eigenvalue weighted by Crippen LogP contribution is 2.32. The molecule has 1 saturated carbocycles. The van der Waals surface area contributed by atoms with Gasteiger partial charge < -0.3 is 14.8 Å². The minimum absolute atomic E-state index is 0.0106. The maximum Gasteiger partial charge on any atom is 0.306 e. The van der Waals surface area contributed by atoms with Crippen molar-refractivity contribution in [2.45, 2.75) is 56.9 Å². The van der Waals surface area contributed by atoms with Gasteiger partial charge in [-0.1, -0.05) is 80.3 Å². The minimum atomic E-state index is -0.245. The van der Waals surface area contributed by atoms with Gasteiger partial charge in [-0.15, -0.1) is 0 Å². The van der Waals surface area contributed by atoms with Gasteiger partial charge in [-0.25, -0.2) is 0 Å². The molecule has 0 bridgehead atoms. The van der Waals surface area contributed by atoms with E-state index >= 15 is 0 Å². The summed E-state index contributed by atoms with van der Waals surface area (Å²) in [6, 6.07) is 22.3. The van der Waals surface area contributed by atoms with E-state index in [9.17, 15) is 9.59 Å². The zero-order chi connectivity index (χ0) is 23.8. The Bertz CT molecular complexity index is 1100. The van der Waals surface area contributed by atoms with E-state index in [2.05, 4.69) is 23.5 Å². The number of hydrogen-bond donors (Lipinski definition) is 1. The lowest BCUT2D eigenvalue weighted by Gasteiger charge is -2.18. The number of methoxy groups -OCH3 is 1. The number of carbonyl (C=O) groups excluding carboxylic acids is 2. The number of rotatable bonds is 8. The predicted octanol–water partition coefficient (Wildman–Crippen LogP) is 5.75. The number of benzene rings is 3.